The predicted octanol–water partition coefficient (Wildman–Crippen LogP) is 3.71. The van der Waals surface area contributed by atoms with Crippen LogP contribution in [0.5, 0.6) is 11.5 Å². The predicted molar refractivity (Wildman–Crippen MR) is 99.9 cm³/mol. The van der Waals surface area contributed by atoms with Crippen LogP contribution in [-0.2, 0) is 9.59 Å². The van der Waals surface area contributed by atoms with Gasteiger partial charge in [0.1, 0.15) is 16.9 Å². The monoisotopic (exact) mass is 374 g/mol. The van der Waals surface area contributed by atoms with E-state index in [1.54, 1.807) is 36.4 Å². The number of ether oxygens (including phenoxy) is 2. The van der Waals surface area contributed by atoms with Crippen LogP contribution in [-0.4, -0.2) is 26.0 Å². The highest BCUT2D eigenvalue weighted by atomic mass is 35.5. The van der Waals surface area contributed by atoms with Crippen molar-refractivity contribution in [3.05, 3.63) is 47.5 Å². The fourth-order valence-corrected chi connectivity index (χ4v) is 2.92. The number of halogens is 1. The van der Waals surface area contributed by atoms with Gasteiger partial charge in [0.05, 0.1) is 24.9 Å². The smallest absolute Gasteiger partial charge is 0.240 e. The third-order valence-corrected chi connectivity index (χ3v) is 4.68. The second-order valence-electron chi connectivity index (χ2n) is 6.04. The van der Waals surface area contributed by atoms with Gasteiger partial charge >= 0.3 is 0 Å². The van der Waals surface area contributed by atoms with Crippen molar-refractivity contribution in [2.75, 3.05) is 24.9 Å². The summed E-state index contributed by atoms with van der Waals surface area (Å²) in [7, 11) is 3.04. The standard InChI is InChI=1S/C19H19ClN2O4/c1-25-15-8-7-12(11-13(15)20)21-17(23)19(9-10-19)18(24)22-14-5-3-4-6-16(14)26-2/h3-8,11H,9-10H2,1-2H3,(H,21,23)(H,22,24). The van der Waals surface area contributed by atoms with Crippen molar-refractivity contribution in [3.8, 4) is 11.5 Å². The van der Waals surface area contributed by atoms with Gasteiger partial charge in [0.15, 0.2) is 0 Å². The summed E-state index contributed by atoms with van der Waals surface area (Å²) in [6, 6.07) is 12.0. The zero-order valence-electron chi connectivity index (χ0n) is 14.5. The summed E-state index contributed by atoms with van der Waals surface area (Å²) >= 11 is 6.08. The lowest BCUT2D eigenvalue weighted by Gasteiger charge is -2.17. The Morgan fingerprint density at radius 2 is 1.62 bits per heavy atom. The van der Waals surface area contributed by atoms with Gasteiger partial charge in [-0.15, -0.1) is 0 Å². The second-order valence-corrected chi connectivity index (χ2v) is 6.45. The molecule has 1 fully saturated rings. The van der Waals surface area contributed by atoms with Gasteiger partial charge in [-0.25, -0.2) is 0 Å². The molecule has 26 heavy (non-hydrogen) atoms. The Balaban J connectivity index is 1.72. The van der Waals surface area contributed by atoms with E-state index in [1.807, 2.05) is 6.07 Å². The first-order chi connectivity index (χ1) is 12.5. The number of carbonyl (C=O) groups is 2. The lowest BCUT2D eigenvalue weighted by atomic mass is 10.0. The summed E-state index contributed by atoms with van der Waals surface area (Å²) in [5.74, 6) is 0.351. The lowest BCUT2D eigenvalue weighted by Crippen LogP contribution is -2.35. The molecule has 0 heterocycles. The average molecular weight is 375 g/mol. The maximum atomic E-state index is 12.7. The summed E-state index contributed by atoms with van der Waals surface area (Å²) in [6.45, 7) is 0. The molecule has 0 unspecified atom stereocenters. The van der Waals surface area contributed by atoms with Gasteiger partial charge in [0, 0.05) is 5.69 Å². The van der Waals surface area contributed by atoms with E-state index in [9.17, 15) is 9.59 Å². The van der Waals surface area contributed by atoms with E-state index in [1.165, 1.54) is 14.2 Å². The zero-order chi connectivity index (χ0) is 18.7. The molecule has 0 aromatic heterocycles. The molecule has 2 aromatic rings. The van der Waals surface area contributed by atoms with Gasteiger partial charge in [0.2, 0.25) is 11.8 Å². The third kappa shape index (κ3) is 3.46. The second kappa shape index (κ2) is 7.25. The van der Waals surface area contributed by atoms with Crippen LogP contribution < -0.4 is 20.1 Å². The Hall–Kier alpha value is -2.73. The molecule has 0 aliphatic heterocycles. The minimum absolute atomic E-state index is 0.348. The van der Waals surface area contributed by atoms with Crippen molar-refractivity contribution < 1.29 is 19.1 Å². The number of para-hydroxylation sites is 2. The average Bonchev–Trinajstić information content (AvgIpc) is 3.44. The maximum absolute atomic E-state index is 12.7. The summed E-state index contributed by atoms with van der Waals surface area (Å²) in [4.78, 5) is 25.4. The molecular weight excluding hydrogens is 356 g/mol. The molecule has 6 nitrogen and oxygen atoms in total. The van der Waals surface area contributed by atoms with E-state index >= 15 is 0 Å². The Kier molecular flexibility index (Phi) is 5.04. The topological polar surface area (TPSA) is 76.7 Å². The van der Waals surface area contributed by atoms with Crippen molar-refractivity contribution in [2.45, 2.75) is 12.8 Å². The molecular formula is C19H19ClN2O4. The SMILES string of the molecule is COc1ccc(NC(=O)C2(C(=O)Nc3ccccc3OC)CC2)cc1Cl. The van der Waals surface area contributed by atoms with Crippen molar-refractivity contribution in [2.24, 2.45) is 5.41 Å². The minimum atomic E-state index is -1.08. The Morgan fingerprint density at radius 3 is 2.23 bits per heavy atom. The highest BCUT2D eigenvalue weighted by Gasteiger charge is 2.56. The molecule has 7 heteroatoms. The van der Waals surface area contributed by atoms with Crippen LogP contribution in [0.3, 0.4) is 0 Å². The largest absolute Gasteiger partial charge is 0.495 e. The molecule has 0 atom stereocenters. The van der Waals surface area contributed by atoms with Gasteiger partial charge in [-0.05, 0) is 43.2 Å². The Bertz CT molecular complexity index is 849. The highest BCUT2D eigenvalue weighted by molar-refractivity contribution is 6.32. The molecule has 1 aliphatic carbocycles. The quantitative estimate of drug-likeness (QED) is 0.755. The van der Waals surface area contributed by atoms with Gasteiger partial charge in [-0.2, -0.15) is 0 Å². The van der Waals surface area contributed by atoms with E-state index in [-0.39, 0.29) is 11.8 Å². The number of benzene rings is 2. The van der Waals surface area contributed by atoms with E-state index in [0.29, 0.717) is 40.7 Å². The molecule has 136 valence electrons. The number of amides is 2. The molecule has 2 amide bonds. The van der Waals surface area contributed by atoms with E-state index in [4.69, 9.17) is 21.1 Å². The van der Waals surface area contributed by atoms with Crippen molar-refractivity contribution in [1.82, 2.24) is 0 Å². The maximum Gasteiger partial charge on any atom is 0.240 e. The Morgan fingerprint density at radius 1 is 0.962 bits per heavy atom. The van der Waals surface area contributed by atoms with Crippen molar-refractivity contribution >= 4 is 34.8 Å². The van der Waals surface area contributed by atoms with Gasteiger partial charge in [-0.1, -0.05) is 23.7 Å². The van der Waals surface area contributed by atoms with E-state index in [2.05, 4.69) is 10.6 Å². The number of hydrogen-bond donors (Lipinski definition) is 2. The number of methoxy groups -OCH3 is 2. The molecule has 0 saturated heterocycles. The van der Waals surface area contributed by atoms with Crippen LogP contribution in [0.2, 0.25) is 5.02 Å². The molecule has 3 rings (SSSR count). The van der Waals surface area contributed by atoms with Crippen LogP contribution in [0.4, 0.5) is 11.4 Å². The van der Waals surface area contributed by atoms with Crippen LogP contribution in [0, 0.1) is 5.41 Å². The Labute approximate surface area is 156 Å². The van der Waals surface area contributed by atoms with Crippen LogP contribution in [0.15, 0.2) is 42.5 Å². The molecule has 0 bridgehead atoms. The minimum Gasteiger partial charge on any atom is -0.495 e. The fraction of sp³-hybridized carbons (Fsp3) is 0.263. The van der Waals surface area contributed by atoms with Crippen molar-refractivity contribution in [1.29, 1.82) is 0 Å². The first-order valence-corrected chi connectivity index (χ1v) is 8.47. The number of carbonyl (C=O) groups excluding carboxylic acids is 2. The summed E-state index contributed by atoms with van der Waals surface area (Å²) in [5.41, 5.74) is -0.0310. The molecule has 0 spiro atoms. The molecule has 2 aromatic carbocycles. The summed E-state index contributed by atoms with van der Waals surface area (Å²) in [6.07, 6.45) is 0.980. The van der Waals surface area contributed by atoms with E-state index < -0.39 is 5.41 Å². The van der Waals surface area contributed by atoms with Crippen LogP contribution in [0.25, 0.3) is 0 Å². The van der Waals surface area contributed by atoms with Crippen molar-refractivity contribution in [3.63, 3.8) is 0 Å². The number of hydrogen-bond acceptors (Lipinski definition) is 4. The molecule has 1 saturated carbocycles. The molecule has 2 N–H and O–H groups in total. The summed E-state index contributed by atoms with van der Waals surface area (Å²) < 4.78 is 10.3. The number of rotatable bonds is 6. The summed E-state index contributed by atoms with van der Waals surface area (Å²) in [5, 5.41) is 5.93. The van der Waals surface area contributed by atoms with E-state index in [0.717, 1.165) is 0 Å². The first kappa shape index (κ1) is 18.1. The molecule has 1 aliphatic rings. The number of anilines is 2. The van der Waals surface area contributed by atoms with Gasteiger partial charge < -0.3 is 20.1 Å². The first-order valence-electron chi connectivity index (χ1n) is 8.09. The van der Waals surface area contributed by atoms with Crippen LogP contribution in [0.1, 0.15) is 12.8 Å². The molecule has 0 radical (unpaired) electrons. The highest BCUT2D eigenvalue weighted by Crippen LogP contribution is 2.48. The third-order valence-electron chi connectivity index (χ3n) is 4.38. The van der Waals surface area contributed by atoms with Crippen LogP contribution >= 0.6 is 11.6 Å². The zero-order valence-corrected chi connectivity index (χ0v) is 15.2. The van der Waals surface area contributed by atoms with Gasteiger partial charge in [-0.3, -0.25) is 9.59 Å². The normalized spacial score (nSPS) is 14.3. The lowest BCUT2D eigenvalue weighted by molar-refractivity contribution is -0.131. The number of nitrogens with one attached hydrogen (secondary N) is 2. The fourth-order valence-electron chi connectivity index (χ4n) is 2.67. The van der Waals surface area contributed by atoms with Gasteiger partial charge in [0.25, 0.3) is 0 Å².